The van der Waals surface area contributed by atoms with E-state index in [4.69, 9.17) is 0 Å². The molecule has 1 aromatic rings. The fraction of sp³-hybridized carbons (Fsp3) is 0.500. The molecule has 1 N–H and O–H groups in total. The van der Waals surface area contributed by atoms with Crippen LogP contribution in [0.25, 0.3) is 0 Å². The van der Waals surface area contributed by atoms with Crippen molar-refractivity contribution in [3.05, 3.63) is 28.0 Å². The van der Waals surface area contributed by atoms with Gasteiger partial charge in [-0.3, -0.25) is 0 Å². The van der Waals surface area contributed by atoms with Gasteiger partial charge in [0.25, 0.3) is 0 Å². The van der Waals surface area contributed by atoms with E-state index in [9.17, 15) is 12.8 Å². The molecular formula is C12H15BrFNO2S. The Labute approximate surface area is 115 Å². The molecule has 1 aliphatic heterocycles. The Kier molecular flexibility index (Phi) is 3.96. The summed E-state index contributed by atoms with van der Waals surface area (Å²) in [6.45, 7) is 1.86. The van der Waals surface area contributed by atoms with Gasteiger partial charge in [0.15, 0.2) is 9.84 Å². The topological polar surface area (TPSA) is 46.2 Å². The lowest BCUT2D eigenvalue weighted by atomic mass is 10.1. The number of sulfone groups is 1. The van der Waals surface area contributed by atoms with E-state index >= 15 is 0 Å². The van der Waals surface area contributed by atoms with E-state index in [2.05, 4.69) is 21.2 Å². The Morgan fingerprint density at radius 3 is 2.83 bits per heavy atom. The van der Waals surface area contributed by atoms with E-state index in [0.29, 0.717) is 16.6 Å². The van der Waals surface area contributed by atoms with E-state index in [-0.39, 0.29) is 23.4 Å². The van der Waals surface area contributed by atoms with Crippen LogP contribution >= 0.6 is 15.9 Å². The van der Waals surface area contributed by atoms with Crippen LogP contribution in [0, 0.1) is 12.7 Å². The van der Waals surface area contributed by atoms with Gasteiger partial charge in [-0.05, 0) is 53.4 Å². The van der Waals surface area contributed by atoms with Gasteiger partial charge in [0.2, 0.25) is 0 Å². The molecular weight excluding hydrogens is 321 g/mol. The lowest BCUT2D eigenvalue weighted by Crippen LogP contribution is -2.35. The van der Waals surface area contributed by atoms with Crippen molar-refractivity contribution in [2.24, 2.45) is 0 Å². The van der Waals surface area contributed by atoms with E-state index in [1.807, 2.05) is 6.92 Å². The number of rotatable bonds is 2. The van der Waals surface area contributed by atoms with Gasteiger partial charge in [-0.2, -0.15) is 0 Å². The number of benzene rings is 1. The SMILES string of the molecule is Cc1cc(Br)c(F)cc1NC1CCCS(=O)(=O)C1. The lowest BCUT2D eigenvalue weighted by Gasteiger charge is -2.25. The number of nitrogens with one attached hydrogen (secondary N) is 1. The smallest absolute Gasteiger partial charge is 0.152 e. The Bertz CT molecular complexity index is 559. The normalized spacial score (nSPS) is 22.7. The molecule has 2 rings (SSSR count). The van der Waals surface area contributed by atoms with E-state index in [1.165, 1.54) is 6.07 Å². The molecule has 1 aromatic carbocycles. The van der Waals surface area contributed by atoms with Crippen LogP contribution in [0.15, 0.2) is 16.6 Å². The lowest BCUT2D eigenvalue weighted by molar-refractivity contribution is 0.561. The van der Waals surface area contributed by atoms with Gasteiger partial charge < -0.3 is 5.32 Å². The predicted molar refractivity (Wildman–Crippen MR) is 74.1 cm³/mol. The van der Waals surface area contributed by atoms with Gasteiger partial charge in [0.1, 0.15) is 5.82 Å². The fourth-order valence-electron chi connectivity index (χ4n) is 2.16. The highest BCUT2D eigenvalue weighted by Gasteiger charge is 2.25. The molecule has 100 valence electrons. The van der Waals surface area contributed by atoms with Gasteiger partial charge in [0.05, 0.1) is 16.0 Å². The Hall–Kier alpha value is -0.620. The van der Waals surface area contributed by atoms with Gasteiger partial charge >= 0.3 is 0 Å². The summed E-state index contributed by atoms with van der Waals surface area (Å²) in [4.78, 5) is 0. The first-order valence-corrected chi connectivity index (χ1v) is 8.41. The number of aryl methyl sites for hydroxylation is 1. The molecule has 0 amide bonds. The van der Waals surface area contributed by atoms with Crippen molar-refractivity contribution in [3.63, 3.8) is 0 Å². The molecule has 6 heteroatoms. The highest BCUT2D eigenvalue weighted by molar-refractivity contribution is 9.10. The van der Waals surface area contributed by atoms with Crippen LogP contribution in [0.5, 0.6) is 0 Å². The summed E-state index contributed by atoms with van der Waals surface area (Å²) in [6.07, 6.45) is 1.47. The van der Waals surface area contributed by atoms with E-state index in [0.717, 1.165) is 12.0 Å². The molecule has 1 saturated heterocycles. The minimum Gasteiger partial charge on any atom is -0.381 e. The van der Waals surface area contributed by atoms with Crippen molar-refractivity contribution in [1.29, 1.82) is 0 Å². The quantitative estimate of drug-likeness (QED) is 0.903. The monoisotopic (exact) mass is 335 g/mol. The molecule has 1 heterocycles. The second-order valence-electron chi connectivity index (χ2n) is 4.68. The summed E-state index contributed by atoms with van der Waals surface area (Å²) >= 11 is 3.12. The number of halogens is 2. The molecule has 1 aliphatic rings. The van der Waals surface area contributed by atoms with Gasteiger partial charge in [-0.15, -0.1) is 0 Å². The summed E-state index contributed by atoms with van der Waals surface area (Å²) in [5.41, 5.74) is 1.56. The molecule has 1 atom stereocenters. The molecule has 0 aromatic heterocycles. The van der Waals surface area contributed by atoms with Crippen molar-refractivity contribution >= 4 is 31.5 Å². The van der Waals surface area contributed by atoms with Gasteiger partial charge in [0, 0.05) is 11.7 Å². The van der Waals surface area contributed by atoms with Crippen LogP contribution in [0.2, 0.25) is 0 Å². The minimum atomic E-state index is -2.95. The zero-order valence-corrected chi connectivity index (χ0v) is 12.4. The molecule has 0 bridgehead atoms. The molecule has 0 radical (unpaired) electrons. The summed E-state index contributed by atoms with van der Waals surface area (Å²) in [7, 11) is -2.95. The van der Waals surface area contributed by atoms with Crippen LogP contribution in [0.4, 0.5) is 10.1 Å². The first kappa shape index (κ1) is 13.8. The van der Waals surface area contributed by atoms with Crippen LogP contribution < -0.4 is 5.32 Å². The first-order valence-electron chi connectivity index (χ1n) is 5.80. The third-order valence-corrected chi connectivity index (χ3v) is 5.52. The molecule has 3 nitrogen and oxygen atoms in total. The molecule has 0 saturated carbocycles. The maximum atomic E-state index is 13.5. The average Bonchev–Trinajstić information content (AvgIpc) is 2.24. The van der Waals surface area contributed by atoms with Gasteiger partial charge in [-0.1, -0.05) is 0 Å². The molecule has 1 unspecified atom stereocenters. The van der Waals surface area contributed by atoms with Crippen molar-refractivity contribution < 1.29 is 12.8 Å². The third kappa shape index (κ3) is 3.23. The Balaban J connectivity index is 2.17. The first-order chi connectivity index (χ1) is 8.37. The number of hydrogen-bond acceptors (Lipinski definition) is 3. The Morgan fingerprint density at radius 2 is 2.17 bits per heavy atom. The molecule has 0 aliphatic carbocycles. The third-order valence-electron chi connectivity index (χ3n) is 3.09. The minimum absolute atomic E-state index is 0.122. The summed E-state index contributed by atoms with van der Waals surface area (Å²) in [5, 5.41) is 3.13. The Morgan fingerprint density at radius 1 is 1.44 bits per heavy atom. The highest BCUT2D eigenvalue weighted by Crippen LogP contribution is 2.26. The summed E-state index contributed by atoms with van der Waals surface area (Å²) < 4.78 is 36.9. The summed E-state index contributed by atoms with van der Waals surface area (Å²) in [5.74, 6) is 0.0463. The van der Waals surface area contributed by atoms with E-state index < -0.39 is 9.84 Å². The zero-order valence-electron chi connectivity index (χ0n) is 10.0. The van der Waals surface area contributed by atoms with Gasteiger partial charge in [-0.25, -0.2) is 12.8 Å². The largest absolute Gasteiger partial charge is 0.381 e. The maximum Gasteiger partial charge on any atom is 0.152 e. The maximum absolute atomic E-state index is 13.5. The summed E-state index contributed by atoms with van der Waals surface area (Å²) in [6, 6.07) is 2.97. The fourth-order valence-corrected chi connectivity index (χ4v) is 4.25. The average molecular weight is 336 g/mol. The van der Waals surface area contributed by atoms with E-state index in [1.54, 1.807) is 6.07 Å². The standard InChI is InChI=1S/C12H15BrFNO2S/c1-8-5-10(13)11(14)6-12(8)15-9-3-2-4-18(16,17)7-9/h5-6,9,15H,2-4,7H2,1H3. The van der Waals surface area contributed by atoms with Crippen molar-refractivity contribution in [2.45, 2.75) is 25.8 Å². The molecule has 0 spiro atoms. The van der Waals surface area contributed by atoms with Crippen LogP contribution in [-0.2, 0) is 9.84 Å². The number of hydrogen-bond donors (Lipinski definition) is 1. The van der Waals surface area contributed by atoms with Crippen LogP contribution in [0.1, 0.15) is 18.4 Å². The van der Waals surface area contributed by atoms with Crippen molar-refractivity contribution in [2.75, 3.05) is 16.8 Å². The van der Waals surface area contributed by atoms with Crippen LogP contribution in [0.3, 0.4) is 0 Å². The van der Waals surface area contributed by atoms with Crippen LogP contribution in [-0.4, -0.2) is 26.0 Å². The second-order valence-corrected chi connectivity index (χ2v) is 7.76. The van der Waals surface area contributed by atoms with Crippen molar-refractivity contribution in [3.8, 4) is 0 Å². The molecule has 18 heavy (non-hydrogen) atoms. The highest BCUT2D eigenvalue weighted by atomic mass is 79.9. The second kappa shape index (κ2) is 5.17. The van der Waals surface area contributed by atoms with Crippen molar-refractivity contribution in [1.82, 2.24) is 0 Å². The predicted octanol–water partition coefficient (Wildman–Crippen LogP) is 2.89. The molecule has 1 fully saturated rings. The number of anilines is 1. The zero-order chi connectivity index (χ0) is 13.3.